The van der Waals surface area contributed by atoms with E-state index in [1.807, 2.05) is 0 Å². The smallest absolute Gasteiger partial charge is 0.295 e. The highest BCUT2D eigenvalue weighted by Gasteiger charge is 2.29. The standard InChI is InChI=1S/C13H17FN4O3.ClH/c14-8-4-9(12(16)11(5-8)18(20)21)13(19)17-10-3-1-2-7(10)6-15;/h4-5,7,10H,1-3,6,15-16H2,(H,17,19);1H. The molecule has 2 unspecified atom stereocenters. The summed E-state index contributed by atoms with van der Waals surface area (Å²) >= 11 is 0. The number of nitrogens with one attached hydrogen (secondary N) is 1. The Kier molecular flexibility index (Phi) is 6.07. The highest BCUT2D eigenvalue weighted by Crippen LogP contribution is 2.28. The molecule has 0 aliphatic heterocycles. The Balaban J connectivity index is 0.00000242. The maximum absolute atomic E-state index is 13.4. The fourth-order valence-electron chi connectivity index (χ4n) is 2.70. The molecule has 1 aliphatic carbocycles. The van der Waals surface area contributed by atoms with Gasteiger partial charge in [0.2, 0.25) is 0 Å². The first-order valence-electron chi connectivity index (χ1n) is 6.68. The lowest BCUT2D eigenvalue weighted by atomic mass is 10.0. The summed E-state index contributed by atoms with van der Waals surface area (Å²) in [4.78, 5) is 22.2. The quantitative estimate of drug-likeness (QED) is 0.439. The lowest BCUT2D eigenvalue weighted by Crippen LogP contribution is -2.40. The van der Waals surface area contributed by atoms with Gasteiger partial charge in [-0.05, 0) is 31.4 Å². The fraction of sp³-hybridized carbons (Fsp3) is 0.462. The molecule has 1 aromatic carbocycles. The molecule has 0 saturated heterocycles. The summed E-state index contributed by atoms with van der Waals surface area (Å²) in [6.07, 6.45) is 2.65. The Morgan fingerprint density at radius 1 is 1.45 bits per heavy atom. The van der Waals surface area contributed by atoms with E-state index in [1.54, 1.807) is 0 Å². The molecule has 0 radical (unpaired) electrons. The maximum atomic E-state index is 13.4. The number of nitrogen functional groups attached to an aromatic ring is 1. The predicted molar refractivity (Wildman–Crippen MR) is 82.4 cm³/mol. The van der Waals surface area contributed by atoms with Crippen molar-refractivity contribution in [1.29, 1.82) is 0 Å². The van der Waals surface area contributed by atoms with Crippen molar-refractivity contribution >= 4 is 29.7 Å². The number of amides is 1. The number of rotatable bonds is 4. The number of carbonyl (C=O) groups excluding carboxylic acids is 1. The van der Waals surface area contributed by atoms with Gasteiger partial charge < -0.3 is 16.8 Å². The molecular formula is C13H18ClFN4O3. The molecule has 0 bridgehead atoms. The number of hydrogen-bond donors (Lipinski definition) is 3. The molecule has 0 aromatic heterocycles. The Morgan fingerprint density at radius 2 is 2.14 bits per heavy atom. The normalized spacial score (nSPS) is 20.3. The number of carbonyl (C=O) groups is 1. The van der Waals surface area contributed by atoms with Crippen molar-refractivity contribution in [3.05, 3.63) is 33.6 Å². The highest BCUT2D eigenvalue weighted by molar-refractivity contribution is 6.01. The van der Waals surface area contributed by atoms with Gasteiger partial charge in [0.1, 0.15) is 11.5 Å². The van der Waals surface area contributed by atoms with E-state index in [2.05, 4.69) is 5.32 Å². The number of benzene rings is 1. The van der Waals surface area contributed by atoms with Crippen LogP contribution in [0.2, 0.25) is 0 Å². The third-order valence-electron chi connectivity index (χ3n) is 3.84. The zero-order chi connectivity index (χ0) is 15.6. The molecule has 9 heteroatoms. The van der Waals surface area contributed by atoms with E-state index in [-0.39, 0.29) is 35.6 Å². The van der Waals surface area contributed by atoms with Crippen LogP contribution in [0.5, 0.6) is 0 Å². The summed E-state index contributed by atoms with van der Waals surface area (Å²) in [6.45, 7) is 0.448. The van der Waals surface area contributed by atoms with E-state index in [1.165, 1.54) is 0 Å². The summed E-state index contributed by atoms with van der Waals surface area (Å²) < 4.78 is 13.4. The molecule has 1 aromatic rings. The SMILES string of the molecule is Cl.NCC1CCCC1NC(=O)c1cc(F)cc([N+](=O)[O-])c1N. The van der Waals surface area contributed by atoms with E-state index in [0.717, 1.165) is 25.3 Å². The van der Waals surface area contributed by atoms with Crippen molar-refractivity contribution < 1.29 is 14.1 Å². The average Bonchev–Trinajstić information content (AvgIpc) is 2.87. The van der Waals surface area contributed by atoms with Crippen molar-refractivity contribution in [2.75, 3.05) is 12.3 Å². The monoisotopic (exact) mass is 332 g/mol. The van der Waals surface area contributed by atoms with E-state index < -0.39 is 22.3 Å². The number of halogens is 2. The molecule has 0 spiro atoms. The number of anilines is 1. The molecule has 122 valence electrons. The number of nitrogens with zero attached hydrogens (tertiary/aromatic N) is 1. The van der Waals surface area contributed by atoms with Crippen LogP contribution in [0.25, 0.3) is 0 Å². The minimum atomic E-state index is -0.872. The first kappa shape index (κ1) is 18.1. The van der Waals surface area contributed by atoms with Gasteiger partial charge in [-0.2, -0.15) is 0 Å². The average molecular weight is 333 g/mol. The van der Waals surface area contributed by atoms with Gasteiger partial charge >= 0.3 is 0 Å². The van der Waals surface area contributed by atoms with Gasteiger partial charge in [0.05, 0.1) is 16.6 Å². The molecule has 7 nitrogen and oxygen atoms in total. The van der Waals surface area contributed by atoms with Crippen LogP contribution >= 0.6 is 12.4 Å². The second-order valence-electron chi connectivity index (χ2n) is 5.15. The molecule has 1 saturated carbocycles. The van der Waals surface area contributed by atoms with Gasteiger partial charge in [0.15, 0.2) is 0 Å². The molecule has 1 amide bonds. The second kappa shape index (κ2) is 7.37. The zero-order valence-electron chi connectivity index (χ0n) is 11.8. The third-order valence-corrected chi connectivity index (χ3v) is 3.84. The first-order valence-corrected chi connectivity index (χ1v) is 6.68. The van der Waals surface area contributed by atoms with Crippen molar-refractivity contribution in [2.45, 2.75) is 25.3 Å². The highest BCUT2D eigenvalue weighted by atomic mass is 35.5. The topological polar surface area (TPSA) is 124 Å². The van der Waals surface area contributed by atoms with Gasteiger partial charge in [-0.15, -0.1) is 12.4 Å². The van der Waals surface area contributed by atoms with Gasteiger partial charge in [0.25, 0.3) is 11.6 Å². The minimum Gasteiger partial charge on any atom is -0.393 e. The molecule has 5 N–H and O–H groups in total. The van der Waals surface area contributed by atoms with Crippen LogP contribution in [-0.4, -0.2) is 23.4 Å². The summed E-state index contributed by atoms with van der Waals surface area (Å²) in [5.41, 5.74) is 10.1. The van der Waals surface area contributed by atoms with E-state index in [0.29, 0.717) is 12.6 Å². The first-order chi connectivity index (χ1) is 9.93. The molecule has 2 atom stereocenters. The molecule has 22 heavy (non-hydrogen) atoms. The van der Waals surface area contributed by atoms with Gasteiger partial charge in [-0.25, -0.2) is 4.39 Å². The summed E-state index contributed by atoms with van der Waals surface area (Å²) in [5.74, 6) is -1.32. The Hall–Kier alpha value is -1.93. The van der Waals surface area contributed by atoms with Crippen LogP contribution in [0.4, 0.5) is 15.8 Å². The van der Waals surface area contributed by atoms with E-state index in [4.69, 9.17) is 11.5 Å². The van der Waals surface area contributed by atoms with Crippen LogP contribution in [0, 0.1) is 21.8 Å². The van der Waals surface area contributed by atoms with E-state index >= 15 is 0 Å². The van der Waals surface area contributed by atoms with Crippen molar-refractivity contribution in [1.82, 2.24) is 5.32 Å². The van der Waals surface area contributed by atoms with Crippen LogP contribution in [0.3, 0.4) is 0 Å². The number of nitro groups is 1. The van der Waals surface area contributed by atoms with Gasteiger partial charge in [-0.1, -0.05) is 6.42 Å². The molecular weight excluding hydrogens is 315 g/mol. The lowest BCUT2D eigenvalue weighted by Gasteiger charge is -2.19. The number of hydrogen-bond acceptors (Lipinski definition) is 5. The van der Waals surface area contributed by atoms with Crippen LogP contribution in [0.15, 0.2) is 12.1 Å². The van der Waals surface area contributed by atoms with Gasteiger partial charge in [-0.3, -0.25) is 14.9 Å². The van der Waals surface area contributed by atoms with Crippen LogP contribution < -0.4 is 16.8 Å². The molecule has 1 fully saturated rings. The predicted octanol–water partition coefficient (Wildman–Crippen LogP) is 1.60. The summed E-state index contributed by atoms with van der Waals surface area (Å²) in [5, 5.41) is 13.5. The largest absolute Gasteiger partial charge is 0.393 e. The molecule has 2 rings (SSSR count). The summed E-state index contributed by atoms with van der Waals surface area (Å²) in [6, 6.07) is 1.50. The van der Waals surface area contributed by atoms with Crippen molar-refractivity contribution in [3.63, 3.8) is 0 Å². The Morgan fingerprint density at radius 3 is 2.73 bits per heavy atom. The van der Waals surface area contributed by atoms with Crippen molar-refractivity contribution in [3.8, 4) is 0 Å². The van der Waals surface area contributed by atoms with Crippen LogP contribution in [-0.2, 0) is 0 Å². The van der Waals surface area contributed by atoms with Gasteiger partial charge in [0, 0.05) is 6.04 Å². The minimum absolute atomic E-state index is 0. The number of nitro benzene ring substituents is 1. The Bertz CT molecular complexity index is 585. The summed E-state index contributed by atoms with van der Waals surface area (Å²) in [7, 11) is 0. The molecule has 1 aliphatic rings. The maximum Gasteiger partial charge on any atom is 0.295 e. The second-order valence-corrected chi connectivity index (χ2v) is 5.15. The van der Waals surface area contributed by atoms with Crippen LogP contribution in [0.1, 0.15) is 29.6 Å². The fourth-order valence-corrected chi connectivity index (χ4v) is 2.70. The third kappa shape index (κ3) is 3.63. The van der Waals surface area contributed by atoms with E-state index in [9.17, 15) is 19.3 Å². The zero-order valence-corrected chi connectivity index (χ0v) is 12.6. The van der Waals surface area contributed by atoms with Crippen molar-refractivity contribution in [2.24, 2.45) is 11.7 Å². The lowest BCUT2D eigenvalue weighted by molar-refractivity contribution is -0.384. The number of nitrogens with two attached hydrogens (primary N) is 2. The molecule has 0 heterocycles. The Labute approximate surface area is 132 Å².